The number of nitrogens with one attached hydrogen (secondary N) is 2. The lowest BCUT2D eigenvalue weighted by Crippen LogP contribution is -2.42. The van der Waals surface area contributed by atoms with Crippen molar-refractivity contribution in [2.24, 2.45) is 4.99 Å². The second-order valence-electron chi connectivity index (χ2n) is 5.25. The molecule has 138 valence electrons. The van der Waals surface area contributed by atoms with Crippen molar-refractivity contribution >= 4 is 29.9 Å². The highest BCUT2D eigenvalue weighted by Crippen LogP contribution is 2.13. The van der Waals surface area contributed by atoms with Crippen LogP contribution in [0.5, 0.6) is 5.75 Å². The fourth-order valence-electron chi connectivity index (χ4n) is 2.00. The van der Waals surface area contributed by atoms with E-state index in [1.165, 1.54) is 12.1 Å². The van der Waals surface area contributed by atoms with Crippen molar-refractivity contribution in [3.8, 4) is 5.75 Å². The molecule has 0 saturated carbocycles. The normalized spacial score (nSPS) is 12.2. The molecule has 1 unspecified atom stereocenters. The molecule has 0 radical (unpaired) electrons. The van der Waals surface area contributed by atoms with Crippen LogP contribution in [0.1, 0.15) is 18.6 Å². The first kappa shape index (κ1) is 21.1. The first-order valence-corrected chi connectivity index (χ1v) is 7.72. The number of nitrogens with zero attached hydrogens (tertiary/aromatic N) is 3. The van der Waals surface area contributed by atoms with E-state index in [0.29, 0.717) is 42.9 Å². The third-order valence-corrected chi connectivity index (χ3v) is 3.11. The topological polar surface area (TPSA) is 84.6 Å². The lowest BCUT2D eigenvalue weighted by atomic mass is 10.3. The Kier molecular flexibility index (Phi) is 9.17. The van der Waals surface area contributed by atoms with Gasteiger partial charge in [-0.3, -0.25) is 4.99 Å². The molecule has 0 saturated heterocycles. The predicted molar refractivity (Wildman–Crippen MR) is 104 cm³/mol. The average Bonchev–Trinajstić information content (AvgIpc) is 2.96. The number of halogens is 2. The minimum absolute atomic E-state index is 0. The van der Waals surface area contributed by atoms with E-state index in [9.17, 15) is 4.39 Å². The van der Waals surface area contributed by atoms with Gasteiger partial charge in [0, 0.05) is 26.1 Å². The van der Waals surface area contributed by atoms with Gasteiger partial charge in [-0.2, -0.15) is 4.98 Å². The summed E-state index contributed by atoms with van der Waals surface area (Å²) in [7, 11) is 1.68. The van der Waals surface area contributed by atoms with Gasteiger partial charge in [-0.05, 0) is 26.0 Å². The van der Waals surface area contributed by atoms with Crippen LogP contribution in [0, 0.1) is 12.7 Å². The van der Waals surface area contributed by atoms with Crippen LogP contribution in [0.15, 0.2) is 33.8 Å². The quantitative estimate of drug-likeness (QED) is 0.373. The van der Waals surface area contributed by atoms with Gasteiger partial charge in [-0.1, -0.05) is 11.2 Å². The third-order valence-electron chi connectivity index (χ3n) is 3.11. The number of aliphatic imine (C=N–C) groups is 1. The van der Waals surface area contributed by atoms with E-state index in [-0.39, 0.29) is 35.9 Å². The Morgan fingerprint density at radius 1 is 1.40 bits per heavy atom. The van der Waals surface area contributed by atoms with Gasteiger partial charge in [-0.25, -0.2) is 4.39 Å². The van der Waals surface area contributed by atoms with Crippen molar-refractivity contribution in [2.75, 3.05) is 20.1 Å². The van der Waals surface area contributed by atoms with Gasteiger partial charge >= 0.3 is 0 Å². The van der Waals surface area contributed by atoms with Gasteiger partial charge in [0.15, 0.2) is 11.8 Å². The maximum atomic E-state index is 13.1. The molecular formula is C16H23FIN5O2. The summed E-state index contributed by atoms with van der Waals surface area (Å²) in [5, 5.41) is 10.0. The van der Waals surface area contributed by atoms with Crippen LogP contribution < -0.4 is 15.4 Å². The summed E-state index contributed by atoms with van der Waals surface area (Å²) in [6.07, 6.45) is 0.459. The van der Waals surface area contributed by atoms with Crippen LogP contribution in [-0.4, -0.2) is 42.3 Å². The summed E-state index contributed by atoms with van der Waals surface area (Å²) in [6.45, 7) is 4.81. The number of ether oxygens (including phenoxy) is 1. The zero-order chi connectivity index (χ0) is 17.4. The first-order valence-electron chi connectivity index (χ1n) is 7.72. The first-order chi connectivity index (χ1) is 11.6. The molecule has 1 atom stereocenters. The second kappa shape index (κ2) is 10.9. The van der Waals surface area contributed by atoms with Crippen LogP contribution in [0.3, 0.4) is 0 Å². The van der Waals surface area contributed by atoms with Crippen molar-refractivity contribution in [1.29, 1.82) is 0 Å². The number of guanidine groups is 1. The molecule has 0 aliphatic carbocycles. The maximum Gasteiger partial charge on any atom is 0.228 e. The number of rotatable bonds is 7. The Morgan fingerprint density at radius 3 is 2.84 bits per heavy atom. The standard InChI is InChI=1S/C16H22FN5O2.HI/c1-11(23-14-6-4-5-13(17)9-14)10-20-16(18-3)19-8-7-15-21-12(2)22-24-15;/h4-6,9,11H,7-8,10H2,1-3H3,(H2,18,19,20);1H. The fourth-order valence-corrected chi connectivity index (χ4v) is 2.00. The molecule has 9 heteroatoms. The highest BCUT2D eigenvalue weighted by atomic mass is 127. The fraction of sp³-hybridized carbons (Fsp3) is 0.438. The van der Waals surface area contributed by atoms with Crippen molar-refractivity contribution < 1.29 is 13.7 Å². The van der Waals surface area contributed by atoms with E-state index in [0.717, 1.165) is 0 Å². The Labute approximate surface area is 163 Å². The summed E-state index contributed by atoms with van der Waals surface area (Å²) in [6, 6.07) is 6.08. The summed E-state index contributed by atoms with van der Waals surface area (Å²) in [5.41, 5.74) is 0. The summed E-state index contributed by atoms with van der Waals surface area (Å²) in [4.78, 5) is 8.26. The molecule has 1 heterocycles. The lowest BCUT2D eigenvalue weighted by Gasteiger charge is -2.17. The molecule has 1 aromatic carbocycles. The zero-order valence-corrected chi connectivity index (χ0v) is 16.8. The smallest absolute Gasteiger partial charge is 0.228 e. The molecule has 0 fully saturated rings. The molecular weight excluding hydrogens is 440 g/mol. The second-order valence-corrected chi connectivity index (χ2v) is 5.25. The van der Waals surface area contributed by atoms with Gasteiger partial charge in [0.1, 0.15) is 17.7 Å². The maximum absolute atomic E-state index is 13.1. The number of aromatic nitrogens is 2. The molecule has 0 bridgehead atoms. The van der Waals surface area contributed by atoms with Crippen molar-refractivity contribution in [3.05, 3.63) is 41.8 Å². The number of benzene rings is 1. The van der Waals surface area contributed by atoms with Gasteiger partial charge in [0.2, 0.25) is 5.89 Å². The highest BCUT2D eigenvalue weighted by molar-refractivity contribution is 14.0. The van der Waals surface area contributed by atoms with E-state index >= 15 is 0 Å². The Hall–Kier alpha value is -1.91. The van der Waals surface area contributed by atoms with Crippen molar-refractivity contribution in [1.82, 2.24) is 20.8 Å². The summed E-state index contributed by atoms with van der Waals surface area (Å²) < 4.78 is 23.8. The molecule has 2 aromatic rings. The minimum Gasteiger partial charge on any atom is -0.489 e. The van der Waals surface area contributed by atoms with Crippen molar-refractivity contribution in [2.45, 2.75) is 26.4 Å². The highest BCUT2D eigenvalue weighted by Gasteiger charge is 2.07. The van der Waals surface area contributed by atoms with Gasteiger partial charge in [-0.15, -0.1) is 24.0 Å². The Morgan fingerprint density at radius 2 is 2.20 bits per heavy atom. The molecule has 2 rings (SSSR count). The molecule has 2 N–H and O–H groups in total. The molecule has 0 aliphatic rings. The van der Waals surface area contributed by atoms with Crippen LogP contribution >= 0.6 is 24.0 Å². The number of hydrogen-bond acceptors (Lipinski definition) is 5. The monoisotopic (exact) mass is 463 g/mol. The Balaban J connectivity index is 0.00000312. The van der Waals surface area contributed by atoms with Gasteiger partial charge < -0.3 is 19.9 Å². The average molecular weight is 463 g/mol. The third kappa shape index (κ3) is 7.67. The number of hydrogen-bond donors (Lipinski definition) is 2. The SMILES string of the molecule is CN=C(NCCc1nc(C)no1)NCC(C)Oc1cccc(F)c1.I. The van der Waals surface area contributed by atoms with E-state index in [4.69, 9.17) is 9.26 Å². The predicted octanol–water partition coefficient (Wildman–Crippen LogP) is 2.31. The van der Waals surface area contributed by atoms with E-state index in [2.05, 4.69) is 25.8 Å². The van der Waals surface area contributed by atoms with Crippen molar-refractivity contribution in [3.63, 3.8) is 0 Å². The molecule has 0 aliphatic heterocycles. The molecule has 1 aromatic heterocycles. The van der Waals surface area contributed by atoms with E-state index in [1.807, 2.05) is 6.92 Å². The van der Waals surface area contributed by atoms with Crippen LogP contribution in [0.2, 0.25) is 0 Å². The van der Waals surface area contributed by atoms with Gasteiger partial charge in [0.05, 0.1) is 6.54 Å². The van der Waals surface area contributed by atoms with E-state index < -0.39 is 0 Å². The van der Waals surface area contributed by atoms with E-state index in [1.54, 1.807) is 26.1 Å². The zero-order valence-electron chi connectivity index (χ0n) is 14.5. The molecule has 0 spiro atoms. The molecule has 0 amide bonds. The van der Waals surface area contributed by atoms with Crippen LogP contribution in [0.4, 0.5) is 4.39 Å². The van der Waals surface area contributed by atoms with Crippen LogP contribution in [-0.2, 0) is 6.42 Å². The van der Waals surface area contributed by atoms with Crippen LogP contribution in [0.25, 0.3) is 0 Å². The summed E-state index contributed by atoms with van der Waals surface area (Å²) >= 11 is 0. The minimum atomic E-state index is -0.318. The Bertz CT molecular complexity index is 680. The molecule has 25 heavy (non-hydrogen) atoms. The molecule has 7 nitrogen and oxygen atoms in total. The number of aryl methyl sites for hydroxylation is 1. The largest absolute Gasteiger partial charge is 0.489 e. The summed E-state index contributed by atoms with van der Waals surface area (Å²) in [5.74, 6) is 2.02. The van der Waals surface area contributed by atoms with Gasteiger partial charge in [0.25, 0.3) is 0 Å². The lowest BCUT2D eigenvalue weighted by molar-refractivity contribution is 0.223.